The van der Waals surface area contributed by atoms with Gasteiger partial charge < -0.3 is 14.8 Å². The van der Waals surface area contributed by atoms with Crippen molar-refractivity contribution in [1.29, 1.82) is 5.26 Å². The highest BCUT2D eigenvalue weighted by molar-refractivity contribution is 6.09. The molecule has 8 heteroatoms. The van der Waals surface area contributed by atoms with E-state index in [0.717, 1.165) is 0 Å². The van der Waals surface area contributed by atoms with Crippen LogP contribution in [0.5, 0.6) is 5.75 Å². The van der Waals surface area contributed by atoms with Gasteiger partial charge in [-0.2, -0.15) is 5.26 Å². The summed E-state index contributed by atoms with van der Waals surface area (Å²) in [4.78, 5) is 22.6. The zero-order chi connectivity index (χ0) is 20.1. The zero-order valence-electron chi connectivity index (χ0n) is 14.3. The second kappa shape index (κ2) is 7.88. The lowest BCUT2D eigenvalue weighted by Gasteiger charge is -2.03. The molecule has 0 radical (unpaired) electrons. The van der Waals surface area contributed by atoms with Gasteiger partial charge in [-0.05, 0) is 36.4 Å². The van der Waals surface area contributed by atoms with Crippen LogP contribution in [0.25, 0.3) is 17.4 Å². The third-order valence-electron chi connectivity index (χ3n) is 3.75. The molecule has 8 nitrogen and oxygen atoms in total. The number of nitrogens with zero attached hydrogens (tertiary/aromatic N) is 2. The van der Waals surface area contributed by atoms with Gasteiger partial charge in [-0.25, -0.2) is 0 Å². The van der Waals surface area contributed by atoms with Crippen LogP contribution in [0.1, 0.15) is 5.76 Å². The summed E-state index contributed by atoms with van der Waals surface area (Å²) >= 11 is 0. The van der Waals surface area contributed by atoms with E-state index in [1.54, 1.807) is 24.3 Å². The number of nitro groups is 1. The van der Waals surface area contributed by atoms with Crippen molar-refractivity contribution in [2.45, 2.75) is 0 Å². The molecule has 1 amide bonds. The molecule has 28 heavy (non-hydrogen) atoms. The quantitative estimate of drug-likeness (QED) is 0.227. The molecule has 0 saturated heterocycles. The molecule has 2 N–H and O–H groups in total. The molecule has 0 spiro atoms. The zero-order valence-corrected chi connectivity index (χ0v) is 14.3. The van der Waals surface area contributed by atoms with Crippen molar-refractivity contribution in [2.24, 2.45) is 0 Å². The molecule has 3 rings (SSSR count). The molecule has 0 fully saturated rings. The first-order valence-electron chi connectivity index (χ1n) is 8.03. The van der Waals surface area contributed by atoms with Crippen LogP contribution in [-0.4, -0.2) is 15.9 Å². The van der Waals surface area contributed by atoms with E-state index in [2.05, 4.69) is 5.32 Å². The number of hydrogen-bond acceptors (Lipinski definition) is 6. The maximum atomic E-state index is 12.2. The van der Waals surface area contributed by atoms with Crippen molar-refractivity contribution in [3.05, 3.63) is 82.1 Å². The van der Waals surface area contributed by atoms with Gasteiger partial charge in [-0.3, -0.25) is 14.9 Å². The molecule has 1 aromatic heterocycles. The van der Waals surface area contributed by atoms with Gasteiger partial charge in [0.2, 0.25) is 0 Å². The number of phenols is 1. The highest BCUT2D eigenvalue weighted by Crippen LogP contribution is 2.26. The number of benzene rings is 2. The fourth-order valence-corrected chi connectivity index (χ4v) is 2.39. The molecule has 0 atom stereocenters. The van der Waals surface area contributed by atoms with Crippen molar-refractivity contribution in [3.8, 4) is 23.1 Å². The van der Waals surface area contributed by atoms with Gasteiger partial charge in [-0.15, -0.1) is 0 Å². The van der Waals surface area contributed by atoms with Crippen molar-refractivity contribution < 1.29 is 19.2 Å². The van der Waals surface area contributed by atoms with Gasteiger partial charge in [0.25, 0.3) is 11.6 Å². The number of nitro benzene ring substituents is 1. The number of carbonyl (C=O) groups excluding carboxylic acids is 1. The first kappa shape index (κ1) is 18.4. The summed E-state index contributed by atoms with van der Waals surface area (Å²) in [5, 5.41) is 32.0. The molecule has 0 aliphatic heterocycles. The Hall–Kier alpha value is -4.38. The summed E-state index contributed by atoms with van der Waals surface area (Å²) in [6.45, 7) is 0. The summed E-state index contributed by atoms with van der Waals surface area (Å²) in [5.41, 5.74) is 0.659. The van der Waals surface area contributed by atoms with Crippen molar-refractivity contribution in [1.82, 2.24) is 0 Å². The Bertz CT molecular complexity index is 1110. The molecule has 2 aromatic carbocycles. The minimum absolute atomic E-state index is 0.0540. The third-order valence-corrected chi connectivity index (χ3v) is 3.75. The van der Waals surface area contributed by atoms with Crippen LogP contribution in [0.2, 0.25) is 0 Å². The van der Waals surface area contributed by atoms with Crippen LogP contribution in [-0.2, 0) is 4.79 Å². The number of non-ortho nitro benzene ring substituents is 1. The minimum Gasteiger partial charge on any atom is -0.508 e. The van der Waals surface area contributed by atoms with Crippen molar-refractivity contribution in [3.63, 3.8) is 0 Å². The van der Waals surface area contributed by atoms with E-state index in [0.29, 0.717) is 17.0 Å². The maximum absolute atomic E-state index is 12.2. The van der Waals surface area contributed by atoms with Crippen LogP contribution in [0.15, 0.2) is 70.7 Å². The van der Waals surface area contributed by atoms with Crippen LogP contribution < -0.4 is 5.32 Å². The highest BCUT2D eigenvalue weighted by atomic mass is 16.6. The molecule has 1 heterocycles. The van der Waals surface area contributed by atoms with Crippen LogP contribution in [0, 0.1) is 21.4 Å². The number of hydrogen-bond donors (Lipinski definition) is 2. The molecule has 0 saturated carbocycles. The number of phenolic OH excluding ortho intramolecular Hbond substituents is 1. The van der Waals surface area contributed by atoms with E-state index in [1.165, 1.54) is 48.5 Å². The molecule has 0 aliphatic carbocycles. The normalized spacial score (nSPS) is 10.9. The first-order chi connectivity index (χ1) is 13.5. The maximum Gasteiger partial charge on any atom is 0.270 e. The number of carbonyl (C=O) groups is 1. The first-order valence-corrected chi connectivity index (χ1v) is 8.03. The molecular formula is C20H13N3O5. The van der Waals surface area contributed by atoms with Gasteiger partial charge >= 0.3 is 0 Å². The Kier molecular flexibility index (Phi) is 5.18. The monoisotopic (exact) mass is 375 g/mol. The predicted molar refractivity (Wildman–Crippen MR) is 101 cm³/mol. The number of furan rings is 1. The number of amides is 1. The topological polar surface area (TPSA) is 129 Å². The molecule has 138 valence electrons. The summed E-state index contributed by atoms with van der Waals surface area (Å²) in [7, 11) is 0. The second-order valence-corrected chi connectivity index (χ2v) is 5.68. The summed E-state index contributed by atoms with van der Waals surface area (Å²) < 4.78 is 5.59. The number of aromatic hydroxyl groups is 1. The van der Waals surface area contributed by atoms with Crippen molar-refractivity contribution in [2.75, 3.05) is 5.32 Å². The Labute approximate surface area is 159 Å². The molecule has 0 unspecified atom stereocenters. The molecule has 3 aromatic rings. The summed E-state index contributed by atoms with van der Waals surface area (Å²) in [6.07, 6.45) is 1.27. The van der Waals surface area contributed by atoms with E-state index in [4.69, 9.17) is 4.42 Å². The van der Waals surface area contributed by atoms with E-state index in [-0.39, 0.29) is 22.8 Å². The Balaban J connectivity index is 1.81. The van der Waals surface area contributed by atoms with Gasteiger partial charge in [0.15, 0.2) is 0 Å². The van der Waals surface area contributed by atoms with E-state index in [1.807, 2.05) is 0 Å². The fraction of sp³-hybridized carbons (Fsp3) is 0. The molecular weight excluding hydrogens is 362 g/mol. The fourth-order valence-electron chi connectivity index (χ4n) is 2.39. The SMILES string of the molecule is N#C/C(=C\c1ccc(-c2cccc([N+](=O)[O-])c2)o1)C(=O)Nc1ccc(O)cc1. The lowest BCUT2D eigenvalue weighted by atomic mass is 10.1. The van der Waals surface area contributed by atoms with Gasteiger partial charge in [0, 0.05) is 29.5 Å². The van der Waals surface area contributed by atoms with Crippen LogP contribution in [0.4, 0.5) is 11.4 Å². The Morgan fingerprint density at radius 3 is 2.61 bits per heavy atom. The van der Waals surface area contributed by atoms with Crippen LogP contribution >= 0.6 is 0 Å². The van der Waals surface area contributed by atoms with Crippen LogP contribution in [0.3, 0.4) is 0 Å². The number of anilines is 1. The second-order valence-electron chi connectivity index (χ2n) is 5.68. The number of nitrogens with one attached hydrogen (secondary N) is 1. The largest absolute Gasteiger partial charge is 0.508 e. The van der Waals surface area contributed by atoms with Gasteiger partial charge in [-0.1, -0.05) is 12.1 Å². The summed E-state index contributed by atoms with van der Waals surface area (Å²) in [5.74, 6) is 0.0323. The average Bonchev–Trinajstić information content (AvgIpc) is 3.16. The van der Waals surface area contributed by atoms with E-state index >= 15 is 0 Å². The lowest BCUT2D eigenvalue weighted by molar-refractivity contribution is -0.384. The highest BCUT2D eigenvalue weighted by Gasteiger charge is 2.13. The van der Waals surface area contributed by atoms with Gasteiger partial charge in [0.05, 0.1) is 4.92 Å². The third kappa shape index (κ3) is 4.23. The number of rotatable bonds is 5. The van der Waals surface area contributed by atoms with Gasteiger partial charge in [0.1, 0.15) is 28.9 Å². The Morgan fingerprint density at radius 1 is 1.18 bits per heavy atom. The molecule has 0 bridgehead atoms. The van der Waals surface area contributed by atoms with E-state index in [9.17, 15) is 25.3 Å². The summed E-state index contributed by atoms with van der Waals surface area (Å²) in [6, 6.07) is 16.7. The number of nitriles is 1. The Morgan fingerprint density at radius 2 is 1.93 bits per heavy atom. The van der Waals surface area contributed by atoms with Crippen molar-refractivity contribution >= 4 is 23.4 Å². The minimum atomic E-state index is -0.638. The van der Waals surface area contributed by atoms with E-state index < -0.39 is 10.8 Å². The smallest absolute Gasteiger partial charge is 0.270 e. The lowest BCUT2D eigenvalue weighted by Crippen LogP contribution is -2.13. The molecule has 0 aliphatic rings. The predicted octanol–water partition coefficient (Wildman–Crippen LogP) is 4.11. The average molecular weight is 375 g/mol. The standard InChI is InChI=1S/C20H13N3O5/c21-12-14(20(25)22-15-4-6-17(24)7-5-15)11-18-8-9-19(28-18)13-2-1-3-16(10-13)23(26)27/h1-11,24H,(H,22,25)/b14-11+.